The summed E-state index contributed by atoms with van der Waals surface area (Å²) in [5.41, 5.74) is 0. The second-order valence-corrected chi connectivity index (χ2v) is 4.39. The molecule has 1 aromatic heterocycles. The number of hydrogen-bond donors (Lipinski definition) is 0. The van der Waals surface area contributed by atoms with E-state index in [4.69, 9.17) is 0 Å². The van der Waals surface area contributed by atoms with Gasteiger partial charge in [-0.3, -0.25) is 0 Å². The molecule has 0 atom stereocenters. The molecule has 1 fully saturated rings. The van der Waals surface area contributed by atoms with Crippen LogP contribution in [-0.2, 0) is 7.05 Å². The molecule has 2 heteroatoms. The monoisotopic (exact) mass is 166 g/mol. The van der Waals surface area contributed by atoms with Gasteiger partial charge in [0, 0.05) is 22.3 Å². The van der Waals surface area contributed by atoms with Crippen LogP contribution in [0.25, 0.3) is 0 Å². The van der Waals surface area contributed by atoms with Crippen LogP contribution in [0.1, 0.15) is 12.8 Å². The molecule has 1 aliphatic carbocycles. The van der Waals surface area contributed by atoms with E-state index in [1.54, 1.807) is 0 Å². The lowest BCUT2D eigenvalue weighted by Crippen LogP contribution is -2.25. The van der Waals surface area contributed by atoms with Crippen molar-refractivity contribution in [2.24, 2.45) is 7.05 Å². The summed E-state index contributed by atoms with van der Waals surface area (Å²) in [6.45, 7) is 0. The highest BCUT2D eigenvalue weighted by molar-refractivity contribution is 8.00. The summed E-state index contributed by atoms with van der Waals surface area (Å²) in [7, 11) is 2.05. The smallest absolute Gasteiger partial charge is 0.169 e. The second-order valence-electron chi connectivity index (χ2n) is 3.02. The molecule has 0 aromatic carbocycles. The van der Waals surface area contributed by atoms with E-state index >= 15 is 0 Å². The van der Waals surface area contributed by atoms with Crippen LogP contribution in [0, 0.1) is 0 Å². The van der Waals surface area contributed by atoms with Crippen LogP contribution in [0.2, 0.25) is 0 Å². The number of aromatic nitrogens is 1. The molecule has 1 heterocycles. The molecule has 58 valence electrons. The first-order valence-corrected chi connectivity index (χ1v) is 4.84. The maximum absolute atomic E-state index is 2.18. The highest BCUT2D eigenvalue weighted by atomic mass is 32.2. The van der Waals surface area contributed by atoms with Gasteiger partial charge in [0.25, 0.3) is 0 Å². The zero-order valence-corrected chi connectivity index (χ0v) is 7.47. The SMILES string of the molecule is C[n+]1ccc(SC2CC2)cc1. The lowest BCUT2D eigenvalue weighted by molar-refractivity contribution is -0.671. The van der Waals surface area contributed by atoms with Gasteiger partial charge in [-0.1, -0.05) is 0 Å². The summed E-state index contributed by atoms with van der Waals surface area (Å²) in [5, 5.41) is 0.919. The first-order valence-electron chi connectivity index (χ1n) is 3.96. The lowest BCUT2D eigenvalue weighted by Gasteiger charge is -1.95. The first-order chi connectivity index (χ1) is 5.34. The van der Waals surface area contributed by atoms with Gasteiger partial charge in [0.1, 0.15) is 7.05 Å². The summed E-state index contributed by atoms with van der Waals surface area (Å²) >= 11 is 2.00. The minimum absolute atomic E-state index is 0.919. The van der Waals surface area contributed by atoms with Crippen LogP contribution in [-0.4, -0.2) is 5.25 Å². The fourth-order valence-electron chi connectivity index (χ4n) is 0.944. The summed E-state index contributed by atoms with van der Waals surface area (Å²) < 4.78 is 2.07. The standard InChI is InChI=1S/C9H12NS/c1-10-6-4-9(5-7-10)11-8-2-3-8/h4-8H,2-3H2,1H3/q+1. The molecule has 1 saturated carbocycles. The molecule has 0 saturated heterocycles. The Kier molecular flexibility index (Phi) is 1.86. The fourth-order valence-corrected chi connectivity index (χ4v) is 1.98. The Morgan fingerprint density at radius 1 is 1.36 bits per heavy atom. The molecule has 0 N–H and O–H groups in total. The Balaban J connectivity index is 2.06. The van der Waals surface area contributed by atoms with Gasteiger partial charge in [-0.15, -0.1) is 11.8 Å². The van der Waals surface area contributed by atoms with Crippen LogP contribution >= 0.6 is 11.8 Å². The van der Waals surface area contributed by atoms with Crippen molar-refractivity contribution in [3.63, 3.8) is 0 Å². The van der Waals surface area contributed by atoms with Crippen molar-refractivity contribution in [3.8, 4) is 0 Å². The molecule has 1 aliphatic rings. The van der Waals surface area contributed by atoms with Gasteiger partial charge >= 0.3 is 0 Å². The van der Waals surface area contributed by atoms with Crippen LogP contribution < -0.4 is 4.57 Å². The van der Waals surface area contributed by atoms with E-state index in [1.165, 1.54) is 17.7 Å². The van der Waals surface area contributed by atoms with Crippen LogP contribution in [0.3, 0.4) is 0 Å². The summed E-state index contributed by atoms with van der Waals surface area (Å²) in [4.78, 5) is 1.41. The molecule has 0 unspecified atom stereocenters. The third-order valence-electron chi connectivity index (χ3n) is 1.78. The highest BCUT2D eigenvalue weighted by Crippen LogP contribution is 2.38. The summed E-state index contributed by atoms with van der Waals surface area (Å²) in [6, 6.07) is 4.37. The number of nitrogens with zero attached hydrogens (tertiary/aromatic N) is 1. The molecule has 1 nitrogen and oxygen atoms in total. The van der Waals surface area contributed by atoms with Crippen molar-refractivity contribution in [2.75, 3.05) is 0 Å². The third kappa shape index (κ3) is 1.96. The molecule has 0 bridgehead atoms. The van der Waals surface area contributed by atoms with E-state index in [2.05, 4.69) is 29.1 Å². The Hall–Kier alpha value is -0.500. The predicted molar refractivity (Wildman–Crippen MR) is 46.5 cm³/mol. The molecule has 2 rings (SSSR count). The number of rotatable bonds is 2. The van der Waals surface area contributed by atoms with Gasteiger partial charge in [0.15, 0.2) is 12.4 Å². The minimum atomic E-state index is 0.919. The topological polar surface area (TPSA) is 3.88 Å². The average molecular weight is 166 g/mol. The first kappa shape index (κ1) is 7.17. The van der Waals surface area contributed by atoms with E-state index in [1.807, 2.05) is 18.8 Å². The Morgan fingerprint density at radius 2 is 2.00 bits per heavy atom. The van der Waals surface area contributed by atoms with Crippen LogP contribution in [0.4, 0.5) is 0 Å². The lowest BCUT2D eigenvalue weighted by atomic mass is 10.5. The Morgan fingerprint density at radius 3 is 2.55 bits per heavy atom. The quantitative estimate of drug-likeness (QED) is 0.606. The van der Waals surface area contributed by atoms with Crippen molar-refractivity contribution in [3.05, 3.63) is 24.5 Å². The maximum atomic E-state index is 2.18. The molecule has 0 spiro atoms. The fraction of sp³-hybridized carbons (Fsp3) is 0.444. The zero-order valence-electron chi connectivity index (χ0n) is 6.66. The highest BCUT2D eigenvalue weighted by Gasteiger charge is 2.22. The second kappa shape index (κ2) is 2.86. The molecular formula is C9H12NS+. The summed E-state index contributed by atoms with van der Waals surface area (Å²) in [5.74, 6) is 0. The number of hydrogen-bond acceptors (Lipinski definition) is 1. The third-order valence-corrected chi connectivity index (χ3v) is 3.12. The van der Waals surface area contributed by atoms with Crippen molar-refractivity contribution < 1.29 is 4.57 Å². The molecular weight excluding hydrogens is 154 g/mol. The normalized spacial score (nSPS) is 16.8. The predicted octanol–water partition coefficient (Wildman–Crippen LogP) is 1.77. The van der Waals surface area contributed by atoms with Gasteiger partial charge in [0.2, 0.25) is 0 Å². The number of pyridine rings is 1. The largest absolute Gasteiger partial charge is 0.208 e. The van der Waals surface area contributed by atoms with E-state index in [9.17, 15) is 0 Å². The van der Waals surface area contributed by atoms with Gasteiger partial charge in [-0.25, -0.2) is 4.57 Å². The van der Waals surface area contributed by atoms with E-state index in [0.29, 0.717) is 0 Å². The van der Waals surface area contributed by atoms with Crippen molar-refractivity contribution in [1.82, 2.24) is 0 Å². The molecule has 0 amide bonds. The molecule has 1 aromatic rings. The maximum Gasteiger partial charge on any atom is 0.169 e. The van der Waals surface area contributed by atoms with Crippen molar-refractivity contribution in [2.45, 2.75) is 23.0 Å². The number of aryl methyl sites for hydroxylation is 1. The van der Waals surface area contributed by atoms with Gasteiger partial charge in [0.05, 0.1) is 0 Å². The Bertz CT molecular complexity index is 238. The molecule has 0 radical (unpaired) electrons. The van der Waals surface area contributed by atoms with Crippen LogP contribution in [0.15, 0.2) is 29.4 Å². The molecule has 11 heavy (non-hydrogen) atoms. The summed E-state index contributed by atoms with van der Waals surface area (Å²) in [6.07, 6.45) is 7.02. The van der Waals surface area contributed by atoms with E-state index in [-0.39, 0.29) is 0 Å². The van der Waals surface area contributed by atoms with Gasteiger partial charge in [-0.2, -0.15) is 0 Å². The Labute approximate surface area is 71.4 Å². The van der Waals surface area contributed by atoms with Crippen LogP contribution in [0.5, 0.6) is 0 Å². The number of thioether (sulfide) groups is 1. The van der Waals surface area contributed by atoms with E-state index < -0.39 is 0 Å². The van der Waals surface area contributed by atoms with Gasteiger partial charge in [-0.05, 0) is 12.8 Å². The average Bonchev–Trinajstić information content (AvgIpc) is 2.78. The minimum Gasteiger partial charge on any atom is -0.208 e. The molecule has 0 aliphatic heterocycles. The zero-order chi connectivity index (χ0) is 7.68. The van der Waals surface area contributed by atoms with Crippen molar-refractivity contribution in [1.29, 1.82) is 0 Å². The van der Waals surface area contributed by atoms with Gasteiger partial charge < -0.3 is 0 Å². The van der Waals surface area contributed by atoms with Crippen molar-refractivity contribution >= 4 is 11.8 Å². The van der Waals surface area contributed by atoms with E-state index in [0.717, 1.165) is 5.25 Å².